The van der Waals surface area contributed by atoms with E-state index >= 15 is 0 Å². The van der Waals surface area contributed by atoms with Crippen LogP contribution in [0.4, 0.5) is 5.95 Å². The molecule has 0 aliphatic carbocycles. The van der Waals surface area contributed by atoms with E-state index in [0.29, 0.717) is 11.6 Å². The molecule has 0 saturated heterocycles. The van der Waals surface area contributed by atoms with Gasteiger partial charge in [0.15, 0.2) is 0 Å². The Kier molecular flexibility index (Phi) is 4.16. The molecule has 5 nitrogen and oxygen atoms in total. The molecule has 2 aromatic rings. The first kappa shape index (κ1) is 12.8. The van der Waals surface area contributed by atoms with Gasteiger partial charge < -0.3 is 11.1 Å². The second kappa shape index (κ2) is 5.83. The van der Waals surface area contributed by atoms with Crippen molar-refractivity contribution in [2.75, 3.05) is 11.9 Å². The Morgan fingerprint density at radius 2 is 2.33 bits per heavy atom. The molecule has 0 fully saturated rings. The summed E-state index contributed by atoms with van der Waals surface area (Å²) in [4.78, 5) is 13.0. The number of nitrogens with two attached hydrogens (primary N) is 1. The van der Waals surface area contributed by atoms with Crippen molar-refractivity contribution in [2.45, 2.75) is 13.3 Å². The van der Waals surface area contributed by atoms with Crippen LogP contribution in [0, 0.1) is 6.92 Å². The van der Waals surface area contributed by atoms with Crippen LogP contribution in [0.2, 0.25) is 0 Å². The zero-order valence-electron chi connectivity index (χ0n) is 9.88. The normalized spacial score (nSPS) is 10.3. The average molecular weight is 279 g/mol. The molecule has 0 spiro atoms. The van der Waals surface area contributed by atoms with E-state index in [1.165, 1.54) is 0 Å². The molecule has 18 heavy (non-hydrogen) atoms. The summed E-state index contributed by atoms with van der Waals surface area (Å²) in [6.07, 6.45) is 0.837. The standard InChI is InChI=1S/C11H13N5S2/c1-7-4-9(10(12)17)16-11(15-7)13-3-2-8-5-18-6-14-8/h4-6H,2-3H2,1H3,(H2,12,17)(H,13,15,16). The van der Waals surface area contributed by atoms with E-state index in [4.69, 9.17) is 18.0 Å². The molecule has 0 saturated carbocycles. The predicted octanol–water partition coefficient (Wildman–Crippen LogP) is 1.53. The van der Waals surface area contributed by atoms with E-state index in [0.717, 1.165) is 24.4 Å². The monoisotopic (exact) mass is 279 g/mol. The van der Waals surface area contributed by atoms with Crippen molar-refractivity contribution in [1.29, 1.82) is 0 Å². The van der Waals surface area contributed by atoms with Crippen molar-refractivity contribution in [3.05, 3.63) is 34.0 Å². The van der Waals surface area contributed by atoms with Crippen molar-refractivity contribution in [3.8, 4) is 0 Å². The Morgan fingerprint density at radius 1 is 1.50 bits per heavy atom. The summed E-state index contributed by atoms with van der Waals surface area (Å²) in [5, 5.41) is 5.17. The molecule has 0 aliphatic heterocycles. The van der Waals surface area contributed by atoms with Gasteiger partial charge in [-0.1, -0.05) is 12.2 Å². The second-order valence-electron chi connectivity index (χ2n) is 3.74. The van der Waals surface area contributed by atoms with Crippen LogP contribution < -0.4 is 11.1 Å². The molecule has 2 aromatic heterocycles. The van der Waals surface area contributed by atoms with Crippen LogP contribution in [0.5, 0.6) is 0 Å². The van der Waals surface area contributed by atoms with E-state index in [9.17, 15) is 0 Å². The van der Waals surface area contributed by atoms with Crippen LogP contribution in [0.25, 0.3) is 0 Å². The van der Waals surface area contributed by atoms with Crippen LogP contribution in [-0.4, -0.2) is 26.5 Å². The Balaban J connectivity index is 1.98. The lowest BCUT2D eigenvalue weighted by Gasteiger charge is -2.06. The SMILES string of the molecule is Cc1cc(C(N)=S)nc(NCCc2cscn2)n1. The first-order valence-electron chi connectivity index (χ1n) is 5.41. The highest BCUT2D eigenvalue weighted by Gasteiger charge is 2.04. The topological polar surface area (TPSA) is 76.7 Å². The summed E-state index contributed by atoms with van der Waals surface area (Å²) in [6.45, 7) is 2.61. The number of nitrogens with zero attached hydrogens (tertiary/aromatic N) is 3. The number of thiazole rings is 1. The minimum atomic E-state index is 0.281. The van der Waals surface area contributed by atoms with Gasteiger partial charge in [-0.05, 0) is 13.0 Å². The molecular formula is C11H13N5S2. The summed E-state index contributed by atoms with van der Waals surface area (Å²) in [6, 6.07) is 1.77. The van der Waals surface area contributed by atoms with Gasteiger partial charge in [0.25, 0.3) is 0 Å². The van der Waals surface area contributed by atoms with Gasteiger partial charge in [-0.2, -0.15) is 0 Å². The van der Waals surface area contributed by atoms with Gasteiger partial charge in [0.05, 0.1) is 11.2 Å². The van der Waals surface area contributed by atoms with Crippen molar-refractivity contribution in [2.24, 2.45) is 5.73 Å². The van der Waals surface area contributed by atoms with Gasteiger partial charge >= 0.3 is 0 Å². The molecule has 7 heteroatoms. The van der Waals surface area contributed by atoms with Gasteiger partial charge in [-0.25, -0.2) is 15.0 Å². The molecule has 0 aromatic carbocycles. The molecule has 0 unspecified atom stereocenters. The molecule has 0 aliphatic rings. The van der Waals surface area contributed by atoms with Crippen LogP contribution in [0.3, 0.4) is 0 Å². The number of anilines is 1. The third-order valence-electron chi connectivity index (χ3n) is 2.25. The van der Waals surface area contributed by atoms with E-state index in [2.05, 4.69) is 20.3 Å². The lowest BCUT2D eigenvalue weighted by molar-refractivity contribution is 0.946. The second-order valence-corrected chi connectivity index (χ2v) is 4.90. The summed E-state index contributed by atoms with van der Waals surface area (Å²) in [5.41, 5.74) is 9.88. The maximum atomic E-state index is 5.56. The molecule has 2 heterocycles. The van der Waals surface area contributed by atoms with Gasteiger partial charge in [0.2, 0.25) is 5.95 Å². The highest BCUT2D eigenvalue weighted by atomic mass is 32.1. The van der Waals surface area contributed by atoms with Gasteiger partial charge in [-0.15, -0.1) is 11.3 Å². The van der Waals surface area contributed by atoms with E-state index in [-0.39, 0.29) is 4.99 Å². The minimum absolute atomic E-state index is 0.281. The summed E-state index contributed by atoms with van der Waals surface area (Å²) in [5.74, 6) is 0.549. The van der Waals surface area contributed by atoms with E-state index in [1.807, 2.05) is 17.8 Å². The van der Waals surface area contributed by atoms with Crippen molar-refractivity contribution in [1.82, 2.24) is 15.0 Å². The zero-order chi connectivity index (χ0) is 13.0. The van der Waals surface area contributed by atoms with Crippen molar-refractivity contribution >= 4 is 34.5 Å². The van der Waals surface area contributed by atoms with Crippen LogP contribution >= 0.6 is 23.6 Å². The lowest BCUT2D eigenvalue weighted by Crippen LogP contribution is -2.15. The van der Waals surface area contributed by atoms with Crippen molar-refractivity contribution in [3.63, 3.8) is 0 Å². The Labute approximate surface area is 114 Å². The minimum Gasteiger partial charge on any atom is -0.388 e. The summed E-state index contributed by atoms with van der Waals surface area (Å²) >= 11 is 6.50. The fourth-order valence-corrected chi connectivity index (χ4v) is 2.13. The largest absolute Gasteiger partial charge is 0.388 e. The maximum Gasteiger partial charge on any atom is 0.223 e. The lowest BCUT2D eigenvalue weighted by atomic mass is 10.3. The van der Waals surface area contributed by atoms with Gasteiger partial charge in [0, 0.05) is 24.0 Å². The van der Waals surface area contributed by atoms with Gasteiger partial charge in [0.1, 0.15) is 10.7 Å². The Bertz CT molecular complexity index is 538. The van der Waals surface area contributed by atoms with Crippen LogP contribution in [0.15, 0.2) is 17.0 Å². The maximum absolute atomic E-state index is 5.56. The highest BCUT2D eigenvalue weighted by Crippen LogP contribution is 2.06. The zero-order valence-corrected chi connectivity index (χ0v) is 11.5. The quantitative estimate of drug-likeness (QED) is 0.808. The molecule has 94 valence electrons. The fourth-order valence-electron chi connectivity index (χ4n) is 1.44. The van der Waals surface area contributed by atoms with E-state index < -0.39 is 0 Å². The van der Waals surface area contributed by atoms with E-state index in [1.54, 1.807) is 17.4 Å². The highest BCUT2D eigenvalue weighted by molar-refractivity contribution is 7.80. The number of thiocarbonyl (C=S) groups is 1. The third-order valence-corrected chi connectivity index (χ3v) is 3.10. The summed E-state index contributed by atoms with van der Waals surface area (Å²) < 4.78 is 0. The smallest absolute Gasteiger partial charge is 0.223 e. The third kappa shape index (κ3) is 3.44. The number of aryl methyl sites for hydroxylation is 1. The van der Waals surface area contributed by atoms with Crippen molar-refractivity contribution < 1.29 is 0 Å². The van der Waals surface area contributed by atoms with Gasteiger partial charge in [-0.3, -0.25) is 0 Å². The molecule has 0 radical (unpaired) electrons. The number of hydrogen-bond donors (Lipinski definition) is 2. The molecule has 0 atom stereocenters. The Morgan fingerprint density at radius 3 is 3.00 bits per heavy atom. The first-order valence-corrected chi connectivity index (χ1v) is 6.76. The summed E-state index contributed by atoms with van der Waals surface area (Å²) in [7, 11) is 0. The fraction of sp³-hybridized carbons (Fsp3) is 0.273. The molecule has 3 N–H and O–H groups in total. The number of rotatable bonds is 5. The Hall–Kier alpha value is -1.60. The first-order chi connectivity index (χ1) is 8.65. The number of aromatic nitrogens is 3. The number of nitrogens with one attached hydrogen (secondary N) is 1. The van der Waals surface area contributed by atoms with Crippen LogP contribution in [-0.2, 0) is 6.42 Å². The predicted molar refractivity (Wildman–Crippen MR) is 77.0 cm³/mol. The molecule has 0 amide bonds. The molecule has 0 bridgehead atoms. The molecule has 2 rings (SSSR count). The number of hydrogen-bond acceptors (Lipinski definition) is 6. The van der Waals surface area contributed by atoms with Crippen LogP contribution in [0.1, 0.15) is 17.1 Å². The average Bonchev–Trinajstić information content (AvgIpc) is 2.81. The molecular weight excluding hydrogens is 266 g/mol.